The Kier molecular flexibility index (Phi) is 2.65. The van der Waals surface area contributed by atoms with E-state index >= 15 is 0 Å². The fourth-order valence-electron chi connectivity index (χ4n) is 1.18. The van der Waals surface area contributed by atoms with Gasteiger partial charge < -0.3 is 9.84 Å². The molecule has 0 bridgehead atoms. The molecule has 0 aromatic heterocycles. The monoisotopic (exact) mass is 156 g/mol. The highest BCUT2D eigenvalue weighted by Crippen LogP contribution is 2.21. The van der Waals surface area contributed by atoms with Gasteiger partial charge >= 0.3 is 5.97 Å². The lowest BCUT2D eigenvalue weighted by atomic mass is 10.2. The van der Waals surface area contributed by atoms with Crippen LogP contribution in [-0.4, -0.2) is 24.3 Å². The number of ether oxygens (including phenoxy) is 1. The third-order valence-electron chi connectivity index (χ3n) is 1.79. The number of aliphatic hydroxyl groups is 1. The second-order valence-electron chi connectivity index (χ2n) is 2.68. The minimum Gasteiger partial charge on any atom is -0.469 e. The Labute approximate surface area is 65.7 Å². The van der Waals surface area contributed by atoms with E-state index < -0.39 is 0 Å². The molecule has 0 radical (unpaired) electrons. The van der Waals surface area contributed by atoms with E-state index in [4.69, 9.17) is 5.11 Å². The van der Waals surface area contributed by atoms with E-state index in [0.717, 1.165) is 18.4 Å². The molecule has 1 rings (SSSR count). The molecule has 1 aliphatic rings. The number of methoxy groups -OCH3 is 1. The van der Waals surface area contributed by atoms with Crippen molar-refractivity contribution in [1.82, 2.24) is 0 Å². The predicted octanol–water partition coefficient (Wildman–Crippen LogP) is 0.631. The van der Waals surface area contributed by atoms with Gasteiger partial charge in [-0.15, -0.1) is 0 Å². The normalized spacial score (nSPS) is 23.1. The van der Waals surface area contributed by atoms with Crippen LogP contribution >= 0.6 is 0 Å². The van der Waals surface area contributed by atoms with E-state index in [1.807, 2.05) is 0 Å². The maximum Gasteiger partial charge on any atom is 0.309 e. The smallest absolute Gasteiger partial charge is 0.309 e. The summed E-state index contributed by atoms with van der Waals surface area (Å²) in [5.74, 6) is -0.231. The molecule has 1 N–H and O–H groups in total. The van der Waals surface area contributed by atoms with E-state index in [0.29, 0.717) is 6.42 Å². The first-order valence-corrected chi connectivity index (χ1v) is 3.67. The minimum atomic E-state index is -0.352. The van der Waals surface area contributed by atoms with Gasteiger partial charge in [-0.1, -0.05) is 11.6 Å². The number of rotatable bonds is 2. The predicted molar refractivity (Wildman–Crippen MR) is 40.0 cm³/mol. The molecule has 0 aromatic rings. The Hall–Kier alpha value is -0.830. The molecule has 0 aliphatic heterocycles. The van der Waals surface area contributed by atoms with Crippen LogP contribution in [-0.2, 0) is 9.53 Å². The van der Waals surface area contributed by atoms with Crippen LogP contribution in [0.4, 0.5) is 0 Å². The second kappa shape index (κ2) is 3.53. The van der Waals surface area contributed by atoms with Crippen LogP contribution in [0.25, 0.3) is 0 Å². The Morgan fingerprint density at radius 2 is 2.64 bits per heavy atom. The Balaban J connectivity index is 2.38. The molecule has 1 atom stereocenters. The molecule has 1 aliphatic carbocycles. The van der Waals surface area contributed by atoms with E-state index in [1.54, 1.807) is 6.08 Å². The molecule has 0 fully saturated rings. The number of hydrogen-bond acceptors (Lipinski definition) is 3. The first kappa shape index (κ1) is 8.27. The van der Waals surface area contributed by atoms with Crippen LogP contribution in [0.1, 0.15) is 19.3 Å². The molecule has 0 saturated carbocycles. The van der Waals surface area contributed by atoms with Gasteiger partial charge in [-0.05, 0) is 12.8 Å². The van der Waals surface area contributed by atoms with Crippen LogP contribution in [0.2, 0.25) is 0 Å². The molecule has 0 amide bonds. The summed E-state index contributed by atoms with van der Waals surface area (Å²) in [4.78, 5) is 10.7. The topological polar surface area (TPSA) is 46.5 Å². The van der Waals surface area contributed by atoms with Crippen molar-refractivity contribution in [3.63, 3.8) is 0 Å². The van der Waals surface area contributed by atoms with Crippen molar-refractivity contribution in [1.29, 1.82) is 0 Å². The Bertz CT molecular complexity index is 184. The number of esters is 1. The quantitative estimate of drug-likeness (QED) is 0.471. The molecule has 0 heterocycles. The van der Waals surface area contributed by atoms with Gasteiger partial charge in [-0.3, -0.25) is 4.79 Å². The van der Waals surface area contributed by atoms with Gasteiger partial charge in [0.05, 0.1) is 19.6 Å². The summed E-state index contributed by atoms with van der Waals surface area (Å²) < 4.78 is 4.49. The molecule has 1 unspecified atom stereocenters. The molecule has 0 spiro atoms. The van der Waals surface area contributed by atoms with Gasteiger partial charge in [-0.2, -0.15) is 0 Å². The first-order chi connectivity index (χ1) is 5.22. The maximum atomic E-state index is 10.7. The standard InChI is InChI=1S/C8H12O3/c1-11-8(10)5-6-2-3-7(9)4-6/h4,7,9H,2-3,5H2,1H3. The molecule has 62 valence electrons. The van der Waals surface area contributed by atoms with Gasteiger partial charge in [0.2, 0.25) is 0 Å². The molecular formula is C8H12O3. The molecular weight excluding hydrogens is 144 g/mol. The van der Waals surface area contributed by atoms with Crippen LogP contribution in [0.3, 0.4) is 0 Å². The van der Waals surface area contributed by atoms with Crippen molar-refractivity contribution in [3.05, 3.63) is 11.6 Å². The Morgan fingerprint density at radius 1 is 1.91 bits per heavy atom. The van der Waals surface area contributed by atoms with Gasteiger partial charge in [0.25, 0.3) is 0 Å². The lowest BCUT2D eigenvalue weighted by Crippen LogP contribution is -2.00. The zero-order chi connectivity index (χ0) is 8.27. The van der Waals surface area contributed by atoms with Crippen molar-refractivity contribution < 1.29 is 14.6 Å². The Morgan fingerprint density at radius 3 is 3.09 bits per heavy atom. The van der Waals surface area contributed by atoms with Gasteiger partial charge in [0.1, 0.15) is 0 Å². The van der Waals surface area contributed by atoms with Crippen molar-refractivity contribution >= 4 is 5.97 Å². The maximum absolute atomic E-state index is 10.7. The molecule has 3 heteroatoms. The average Bonchev–Trinajstić information content (AvgIpc) is 2.35. The van der Waals surface area contributed by atoms with Crippen molar-refractivity contribution in [2.45, 2.75) is 25.4 Å². The van der Waals surface area contributed by atoms with E-state index in [2.05, 4.69) is 4.74 Å². The summed E-state index contributed by atoms with van der Waals surface area (Å²) in [6, 6.07) is 0. The number of carbonyl (C=O) groups is 1. The van der Waals surface area contributed by atoms with Gasteiger partial charge in [-0.25, -0.2) is 0 Å². The van der Waals surface area contributed by atoms with Crippen LogP contribution in [0.5, 0.6) is 0 Å². The highest BCUT2D eigenvalue weighted by Gasteiger charge is 2.15. The fraction of sp³-hybridized carbons (Fsp3) is 0.625. The SMILES string of the molecule is COC(=O)CC1=CC(O)CC1. The first-order valence-electron chi connectivity index (χ1n) is 3.67. The number of aliphatic hydroxyl groups excluding tert-OH is 1. The third kappa shape index (κ3) is 2.35. The van der Waals surface area contributed by atoms with Gasteiger partial charge in [0, 0.05) is 0 Å². The zero-order valence-electron chi connectivity index (χ0n) is 6.54. The van der Waals surface area contributed by atoms with Crippen molar-refractivity contribution in [3.8, 4) is 0 Å². The minimum absolute atomic E-state index is 0.231. The molecule has 11 heavy (non-hydrogen) atoms. The summed E-state index contributed by atoms with van der Waals surface area (Å²) >= 11 is 0. The summed E-state index contributed by atoms with van der Waals surface area (Å²) in [6.07, 6.45) is 3.27. The van der Waals surface area contributed by atoms with Gasteiger partial charge in [0.15, 0.2) is 0 Å². The van der Waals surface area contributed by atoms with E-state index in [1.165, 1.54) is 7.11 Å². The number of carbonyl (C=O) groups excluding carboxylic acids is 1. The highest BCUT2D eigenvalue weighted by molar-refractivity contribution is 5.72. The summed E-state index contributed by atoms with van der Waals surface area (Å²) in [5.41, 5.74) is 0.990. The largest absolute Gasteiger partial charge is 0.469 e. The summed E-state index contributed by atoms with van der Waals surface area (Å²) in [5, 5.41) is 9.06. The van der Waals surface area contributed by atoms with Crippen LogP contribution in [0, 0.1) is 0 Å². The lowest BCUT2D eigenvalue weighted by molar-refractivity contribution is -0.139. The molecule has 0 aromatic carbocycles. The zero-order valence-corrected chi connectivity index (χ0v) is 6.54. The summed E-state index contributed by atoms with van der Waals surface area (Å²) in [7, 11) is 1.37. The van der Waals surface area contributed by atoms with Crippen LogP contribution < -0.4 is 0 Å². The van der Waals surface area contributed by atoms with E-state index in [9.17, 15) is 4.79 Å². The highest BCUT2D eigenvalue weighted by atomic mass is 16.5. The van der Waals surface area contributed by atoms with Crippen LogP contribution in [0.15, 0.2) is 11.6 Å². The third-order valence-corrected chi connectivity index (χ3v) is 1.79. The average molecular weight is 156 g/mol. The molecule has 3 nitrogen and oxygen atoms in total. The fourth-order valence-corrected chi connectivity index (χ4v) is 1.18. The molecule has 0 saturated heterocycles. The van der Waals surface area contributed by atoms with Crippen molar-refractivity contribution in [2.24, 2.45) is 0 Å². The number of hydrogen-bond donors (Lipinski definition) is 1. The second-order valence-corrected chi connectivity index (χ2v) is 2.68. The lowest BCUT2D eigenvalue weighted by Gasteiger charge is -1.97. The van der Waals surface area contributed by atoms with E-state index in [-0.39, 0.29) is 12.1 Å². The van der Waals surface area contributed by atoms with Crippen molar-refractivity contribution in [2.75, 3.05) is 7.11 Å². The summed E-state index contributed by atoms with van der Waals surface area (Å²) in [6.45, 7) is 0.